The van der Waals surface area contributed by atoms with Crippen LogP contribution in [0.3, 0.4) is 0 Å². The van der Waals surface area contributed by atoms with Crippen molar-refractivity contribution in [2.24, 2.45) is 11.8 Å². The van der Waals surface area contributed by atoms with E-state index in [1.165, 1.54) is 25.1 Å². The normalized spacial score (nSPS) is 23.3. The Bertz CT molecular complexity index is 933. The number of hydrogen-bond acceptors (Lipinski definition) is 2. The molecule has 6 heteroatoms. The van der Waals surface area contributed by atoms with Crippen molar-refractivity contribution in [3.8, 4) is 0 Å². The van der Waals surface area contributed by atoms with Crippen molar-refractivity contribution in [3.63, 3.8) is 0 Å². The highest BCUT2D eigenvalue weighted by Crippen LogP contribution is 2.45. The first kappa shape index (κ1) is 19.6. The summed E-state index contributed by atoms with van der Waals surface area (Å²) in [6, 6.07) is 12.6. The number of hydrogen-bond donors (Lipinski definition) is 0. The van der Waals surface area contributed by atoms with Gasteiger partial charge in [-0.2, -0.15) is 0 Å². The van der Waals surface area contributed by atoms with E-state index in [2.05, 4.69) is 0 Å². The van der Waals surface area contributed by atoms with Gasteiger partial charge in [-0.25, -0.2) is 8.78 Å². The number of carbonyl (C=O) groups excluding carboxylic acids is 2. The Morgan fingerprint density at radius 3 is 2.55 bits per heavy atom. The van der Waals surface area contributed by atoms with Crippen LogP contribution in [0.5, 0.6) is 0 Å². The summed E-state index contributed by atoms with van der Waals surface area (Å²) in [6.45, 7) is 3.21. The van der Waals surface area contributed by atoms with Gasteiger partial charge in [-0.05, 0) is 35.7 Å². The average Bonchev–Trinajstić information content (AvgIpc) is 3.25. The minimum Gasteiger partial charge on any atom is -0.342 e. The molecule has 2 fully saturated rings. The Kier molecular flexibility index (Phi) is 5.35. The number of aryl methyl sites for hydroxylation is 1. The largest absolute Gasteiger partial charge is 0.342 e. The van der Waals surface area contributed by atoms with Crippen LogP contribution < -0.4 is 0 Å². The highest BCUT2D eigenvalue weighted by molar-refractivity contribution is 5.77. The zero-order chi connectivity index (χ0) is 20.5. The van der Waals surface area contributed by atoms with Crippen LogP contribution >= 0.6 is 0 Å². The molecule has 2 amide bonds. The first-order chi connectivity index (χ1) is 13.9. The number of likely N-dealkylation sites (tertiary alicyclic amines) is 2. The predicted molar refractivity (Wildman–Crippen MR) is 105 cm³/mol. The monoisotopic (exact) mass is 398 g/mol. The minimum atomic E-state index is -0.328. The van der Waals surface area contributed by atoms with Crippen molar-refractivity contribution in [1.29, 1.82) is 0 Å². The van der Waals surface area contributed by atoms with Gasteiger partial charge in [0.25, 0.3) is 0 Å². The number of carbonyl (C=O) groups is 2. The number of benzene rings is 2. The van der Waals surface area contributed by atoms with Crippen LogP contribution in [0, 0.1) is 23.5 Å². The molecule has 0 bridgehead atoms. The van der Waals surface area contributed by atoms with E-state index < -0.39 is 0 Å². The summed E-state index contributed by atoms with van der Waals surface area (Å²) in [5.41, 5.74) is 1.31. The van der Waals surface area contributed by atoms with E-state index in [1.807, 2.05) is 11.0 Å². The molecule has 2 aliphatic rings. The summed E-state index contributed by atoms with van der Waals surface area (Å²) in [6.07, 6.45) is 0.617. The summed E-state index contributed by atoms with van der Waals surface area (Å²) in [4.78, 5) is 28.5. The van der Waals surface area contributed by atoms with Crippen LogP contribution in [-0.2, 0) is 16.0 Å². The molecule has 2 saturated heterocycles. The third-order valence-electron chi connectivity index (χ3n) is 6.18. The fourth-order valence-corrected chi connectivity index (χ4v) is 4.79. The van der Waals surface area contributed by atoms with Gasteiger partial charge in [0.1, 0.15) is 11.6 Å². The zero-order valence-electron chi connectivity index (χ0n) is 16.4. The molecule has 2 aromatic carbocycles. The highest BCUT2D eigenvalue weighted by Gasteiger charge is 2.49. The lowest BCUT2D eigenvalue weighted by molar-refractivity contribution is -0.131. The van der Waals surface area contributed by atoms with Gasteiger partial charge in [0.15, 0.2) is 0 Å². The van der Waals surface area contributed by atoms with Gasteiger partial charge in [0, 0.05) is 44.8 Å². The first-order valence-electron chi connectivity index (χ1n) is 9.98. The molecule has 2 aromatic rings. The van der Waals surface area contributed by atoms with Gasteiger partial charge in [0.05, 0.1) is 6.04 Å². The Morgan fingerprint density at radius 1 is 1.03 bits per heavy atom. The van der Waals surface area contributed by atoms with Crippen molar-refractivity contribution in [1.82, 2.24) is 9.80 Å². The molecule has 2 heterocycles. The molecule has 4 nitrogen and oxygen atoms in total. The summed E-state index contributed by atoms with van der Waals surface area (Å²) in [5, 5.41) is 0. The Balaban J connectivity index is 1.47. The zero-order valence-corrected chi connectivity index (χ0v) is 16.4. The van der Waals surface area contributed by atoms with E-state index in [-0.39, 0.29) is 47.7 Å². The molecule has 0 saturated carbocycles. The molecule has 2 aliphatic heterocycles. The third kappa shape index (κ3) is 3.88. The van der Waals surface area contributed by atoms with Gasteiger partial charge in [-0.1, -0.05) is 30.3 Å². The molecule has 152 valence electrons. The van der Waals surface area contributed by atoms with Crippen LogP contribution in [0.25, 0.3) is 0 Å². The van der Waals surface area contributed by atoms with Crippen LogP contribution in [0.2, 0.25) is 0 Å². The molecular weight excluding hydrogens is 374 g/mol. The van der Waals surface area contributed by atoms with Crippen molar-refractivity contribution >= 4 is 11.8 Å². The van der Waals surface area contributed by atoms with E-state index in [1.54, 1.807) is 29.2 Å². The maximum atomic E-state index is 13.8. The predicted octanol–water partition coefficient (Wildman–Crippen LogP) is 3.58. The first-order valence-corrected chi connectivity index (χ1v) is 9.98. The number of amides is 2. The van der Waals surface area contributed by atoms with Gasteiger partial charge < -0.3 is 9.80 Å². The SMILES string of the molecule is CC(=O)N1C[C@H]2CN(C(=O)CCc3ccccc3F)C[C@H]2[C@@H]1c1cccc(F)c1. The van der Waals surface area contributed by atoms with E-state index in [4.69, 9.17) is 0 Å². The van der Waals surface area contributed by atoms with Crippen molar-refractivity contribution in [3.05, 3.63) is 71.3 Å². The summed E-state index contributed by atoms with van der Waals surface area (Å²) >= 11 is 0. The molecule has 0 N–H and O–H groups in total. The molecule has 0 spiro atoms. The third-order valence-corrected chi connectivity index (χ3v) is 6.18. The van der Waals surface area contributed by atoms with Crippen molar-refractivity contribution in [2.45, 2.75) is 25.8 Å². The lowest BCUT2D eigenvalue weighted by Crippen LogP contribution is -2.36. The quantitative estimate of drug-likeness (QED) is 0.790. The minimum absolute atomic E-state index is 0.00461. The van der Waals surface area contributed by atoms with Crippen LogP contribution in [0.4, 0.5) is 8.78 Å². The molecule has 0 radical (unpaired) electrons. The van der Waals surface area contributed by atoms with E-state index in [0.29, 0.717) is 31.6 Å². The standard InChI is InChI=1S/C23H24F2N2O2/c1-15(28)27-13-18-12-26(22(29)10-9-16-5-2-3-8-21(16)25)14-20(18)23(27)17-6-4-7-19(24)11-17/h2-8,11,18,20,23H,9-10,12-14H2,1H3/t18-,20-,23+/m1/s1. The molecule has 4 rings (SSSR count). The fraction of sp³-hybridized carbons (Fsp3) is 0.391. The second-order valence-electron chi connectivity index (χ2n) is 7.99. The van der Waals surface area contributed by atoms with Gasteiger partial charge in [-0.3, -0.25) is 9.59 Å². The number of rotatable bonds is 4. The summed E-state index contributed by atoms with van der Waals surface area (Å²) < 4.78 is 27.6. The van der Waals surface area contributed by atoms with Crippen molar-refractivity contribution in [2.75, 3.05) is 19.6 Å². The van der Waals surface area contributed by atoms with E-state index in [0.717, 1.165) is 5.56 Å². The Hall–Kier alpha value is -2.76. The van der Waals surface area contributed by atoms with E-state index >= 15 is 0 Å². The van der Waals surface area contributed by atoms with Crippen LogP contribution in [0.1, 0.15) is 30.5 Å². The number of nitrogens with zero attached hydrogens (tertiary/aromatic N) is 2. The lowest BCUT2D eigenvalue weighted by atomic mass is 9.89. The van der Waals surface area contributed by atoms with Crippen LogP contribution in [0.15, 0.2) is 48.5 Å². The van der Waals surface area contributed by atoms with Crippen molar-refractivity contribution < 1.29 is 18.4 Å². The molecule has 29 heavy (non-hydrogen) atoms. The number of halogens is 2. The lowest BCUT2D eigenvalue weighted by Gasteiger charge is -2.29. The van der Waals surface area contributed by atoms with E-state index in [9.17, 15) is 18.4 Å². The molecule has 3 atom stereocenters. The van der Waals surface area contributed by atoms with Gasteiger partial charge in [0.2, 0.25) is 11.8 Å². The van der Waals surface area contributed by atoms with Gasteiger partial charge >= 0.3 is 0 Å². The second-order valence-corrected chi connectivity index (χ2v) is 7.99. The molecular formula is C23H24F2N2O2. The summed E-state index contributed by atoms with van der Waals surface area (Å²) in [5.74, 6) is -0.407. The summed E-state index contributed by atoms with van der Waals surface area (Å²) in [7, 11) is 0. The molecule has 0 aromatic heterocycles. The molecule has 0 unspecified atom stereocenters. The Morgan fingerprint density at radius 2 is 1.83 bits per heavy atom. The van der Waals surface area contributed by atoms with Gasteiger partial charge in [-0.15, -0.1) is 0 Å². The van der Waals surface area contributed by atoms with Crippen LogP contribution in [-0.4, -0.2) is 41.2 Å². The number of fused-ring (bicyclic) bond motifs is 1. The fourth-order valence-electron chi connectivity index (χ4n) is 4.79. The highest BCUT2D eigenvalue weighted by atomic mass is 19.1. The Labute approximate surface area is 169 Å². The smallest absolute Gasteiger partial charge is 0.222 e. The molecule has 0 aliphatic carbocycles. The topological polar surface area (TPSA) is 40.6 Å². The maximum Gasteiger partial charge on any atom is 0.222 e. The maximum absolute atomic E-state index is 13.8. The average molecular weight is 398 g/mol. The second kappa shape index (κ2) is 7.93.